The molecule has 0 aliphatic heterocycles. The lowest BCUT2D eigenvalue weighted by Gasteiger charge is -2.09. The maximum Gasteiger partial charge on any atom is 0.265 e. The monoisotopic (exact) mass is 279 g/mol. The second-order valence-electron chi connectivity index (χ2n) is 4.59. The first-order valence-electron chi connectivity index (χ1n) is 6.39. The van der Waals surface area contributed by atoms with Gasteiger partial charge in [-0.1, -0.05) is 18.2 Å². The Balaban J connectivity index is 2.25. The number of hydrogen-bond donors (Lipinski definition) is 3. The van der Waals surface area contributed by atoms with Crippen molar-refractivity contribution in [3.63, 3.8) is 0 Å². The zero-order chi connectivity index (χ0) is 14.8. The number of para-hydroxylation sites is 1. The molecule has 3 rings (SSSR count). The van der Waals surface area contributed by atoms with E-state index in [1.54, 1.807) is 30.3 Å². The first kappa shape index (κ1) is 13.1. The Morgan fingerprint density at radius 2 is 1.81 bits per heavy atom. The molecule has 0 unspecified atom stereocenters. The Morgan fingerprint density at radius 1 is 1.10 bits per heavy atom. The van der Waals surface area contributed by atoms with E-state index in [1.165, 1.54) is 0 Å². The number of benzene rings is 2. The fourth-order valence-corrected chi connectivity index (χ4v) is 2.22. The van der Waals surface area contributed by atoms with Crippen molar-refractivity contribution in [2.45, 2.75) is 0 Å². The van der Waals surface area contributed by atoms with Crippen molar-refractivity contribution in [2.24, 2.45) is 5.84 Å². The minimum Gasteiger partial charge on any atom is -0.508 e. The van der Waals surface area contributed by atoms with Gasteiger partial charge in [-0.3, -0.25) is 10.2 Å². The predicted octanol–water partition coefficient (Wildman–Crippen LogP) is 2.21. The first-order valence-corrected chi connectivity index (χ1v) is 6.39. The molecule has 0 saturated carbocycles. The van der Waals surface area contributed by atoms with Crippen LogP contribution in [0.3, 0.4) is 0 Å². The smallest absolute Gasteiger partial charge is 0.265 e. The van der Waals surface area contributed by atoms with E-state index >= 15 is 0 Å². The van der Waals surface area contributed by atoms with Crippen LogP contribution in [0.25, 0.3) is 22.2 Å². The lowest BCUT2D eigenvalue weighted by atomic mass is 10.0. The molecule has 0 aliphatic carbocycles. The number of phenolic OH excluding ortho intramolecular Hbond substituents is 1. The number of carbonyl (C=O) groups is 1. The van der Waals surface area contributed by atoms with Gasteiger partial charge in [-0.05, 0) is 36.4 Å². The minimum absolute atomic E-state index is 0.180. The van der Waals surface area contributed by atoms with Gasteiger partial charge in [-0.25, -0.2) is 10.8 Å². The number of rotatable bonds is 2. The highest BCUT2D eigenvalue weighted by Gasteiger charge is 2.12. The number of nitrogens with zero attached hydrogens (tertiary/aromatic N) is 1. The van der Waals surface area contributed by atoms with Gasteiger partial charge in [0.25, 0.3) is 5.91 Å². The standard InChI is InChI=1S/C16H13N3O2/c17-19-16(21)13-9-15(10-5-7-11(20)8-6-10)18-14-4-2-1-3-12(13)14/h1-9,20H,17H2,(H,19,21). The lowest BCUT2D eigenvalue weighted by molar-refractivity contribution is 0.0955. The molecule has 1 amide bonds. The van der Waals surface area contributed by atoms with E-state index in [0.29, 0.717) is 16.8 Å². The third-order valence-corrected chi connectivity index (χ3v) is 3.25. The summed E-state index contributed by atoms with van der Waals surface area (Å²) in [6.07, 6.45) is 0. The van der Waals surface area contributed by atoms with Crippen LogP contribution in [0, 0.1) is 0 Å². The summed E-state index contributed by atoms with van der Waals surface area (Å²) in [4.78, 5) is 16.5. The third kappa shape index (κ3) is 2.42. The molecule has 104 valence electrons. The summed E-state index contributed by atoms with van der Waals surface area (Å²) in [5.74, 6) is 5.06. The van der Waals surface area contributed by atoms with Crippen molar-refractivity contribution in [3.8, 4) is 17.0 Å². The number of aromatic nitrogens is 1. The molecular weight excluding hydrogens is 266 g/mol. The Hall–Kier alpha value is -2.92. The summed E-state index contributed by atoms with van der Waals surface area (Å²) in [7, 11) is 0. The van der Waals surface area contributed by atoms with Crippen LogP contribution < -0.4 is 11.3 Å². The minimum atomic E-state index is -0.367. The fraction of sp³-hybridized carbons (Fsp3) is 0. The van der Waals surface area contributed by atoms with Crippen LogP contribution in [-0.2, 0) is 0 Å². The maximum atomic E-state index is 12.0. The summed E-state index contributed by atoms with van der Waals surface area (Å²) in [6.45, 7) is 0. The van der Waals surface area contributed by atoms with E-state index in [2.05, 4.69) is 10.4 Å². The molecule has 0 atom stereocenters. The molecule has 4 N–H and O–H groups in total. The molecule has 0 spiro atoms. The number of hydrogen-bond acceptors (Lipinski definition) is 4. The molecule has 5 heteroatoms. The van der Waals surface area contributed by atoms with Crippen molar-refractivity contribution in [3.05, 3.63) is 60.2 Å². The Kier molecular flexibility index (Phi) is 3.25. The number of carbonyl (C=O) groups excluding carboxylic acids is 1. The molecule has 0 bridgehead atoms. The van der Waals surface area contributed by atoms with Crippen LogP contribution in [-0.4, -0.2) is 16.0 Å². The van der Waals surface area contributed by atoms with Gasteiger partial charge in [-0.2, -0.15) is 0 Å². The summed E-state index contributed by atoms with van der Waals surface area (Å²) in [6, 6.07) is 15.7. The van der Waals surface area contributed by atoms with Crippen LogP contribution >= 0.6 is 0 Å². The fourth-order valence-electron chi connectivity index (χ4n) is 2.22. The average molecular weight is 279 g/mol. The van der Waals surface area contributed by atoms with Crippen molar-refractivity contribution in [2.75, 3.05) is 0 Å². The summed E-state index contributed by atoms with van der Waals surface area (Å²) in [5.41, 5.74) is 4.78. The van der Waals surface area contributed by atoms with Gasteiger partial charge in [0.2, 0.25) is 0 Å². The quantitative estimate of drug-likeness (QED) is 0.381. The number of pyridine rings is 1. The highest BCUT2D eigenvalue weighted by Crippen LogP contribution is 2.25. The molecule has 2 aromatic carbocycles. The summed E-state index contributed by atoms with van der Waals surface area (Å²) in [5, 5.41) is 10.1. The molecule has 3 aromatic rings. The largest absolute Gasteiger partial charge is 0.508 e. The van der Waals surface area contributed by atoms with Crippen molar-refractivity contribution < 1.29 is 9.90 Å². The van der Waals surface area contributed by atoms with Gasteiger partial charge in [0.15, 0.2) is 0 Å². The van der Waals surface area contributed by atoms with Gasteiger partial charge >= 0.3 is 0 Å². The van der Waals surface area contributed by atoms with Crippen molar-refractivity contribution >= 4 is 16.8 Å². The highest BCUT2D eigenvalue weighted by molar-refractivity contribution is 6.06. The molecule has 21 heavy (non-hydrogen) atoms. The zero-order valence-corrected chi connectivity index (χ0v) is 11.1. The lowest BCUT2D eigenvalue weighted by Crippen LogP contribution is -2.30. The van der Waals surface area contributed by atoms with Crippen LogP contribution in [0.2, 0.25) is 0 Å². The Labute approximate surface area is 121 Å². The molecule has 0 aliphatic rings. The van der Waals surface area contributed by atoms with E-state index in [0.717, 1.165) is 10.9 Å². The molecule has 1 aromatic heterocycles. The summed E-state index contributed by atoms with van der Waals surface area (Å²) >= 11 is 0. The van der Waals surface area contributed by atoms with Crippen molar-refractivity contribution in [1.82, 2.24) is 10.4 Å². The third-order valence-electron chi connectivity index (χ3n) is 3.25. The van der Waals surface area contributed by atoms with Crippen molar-refractivity contribution in [1.29, 1.82) is 0 Å². The molecule has 0 radical (unpaired) electrons. The van der Waals surface area contributed by atoms with E-state index in [-0.39, 0.29) is 11.7 Å². The van der Waals surface area contributed by atoms with Gasteiger partial charge < -0.3 is 5.11 Å². The maximum absolute atomic E-state index is 12.0. The van der Waals surface area contributed by atoms with Crippen LogP contribution in [0.1, 0.15) is 10.4 Å². The van der Waals surface area contributed by atoms with Crippen LogP contribution in [0.15, 0.2) is 54.6 Å². The molecule has 5 nitrogen and oxygen atoms in total. The number of nitrogens with one attached hydrogen (secondary N) is 1. The number of nitrogens with two attached hydrogens (primary N) is 1. The highest BCUT2D eigenvalue weighted by atomic mass is 16.3. The van der Waals surface area contributed by atoms with E-state index in [9.17, 15) is 9.90 Å². The number of fused-ring (bicyclic) bond motifs is 1. The predicted molar refractivity (Wildman–Crippen MR) is 80.5 cm³/mol. The van der Waals surface area contributed by atoms with E-state index in [1.807, 2.05) is 24.3 Å². The zero-order valence-electron chi connectivity index (χ0n) is 11.1. The van der Waals surface area contributed by atoms with Gasteiger partial charge in [0.05, 0.1) is 16.8 Å². The first-order chi connectivity index (χ1) is 10.2. The van der Waals surface area contributed by atoms with Crippen LogP contribution in [0.4, 0.5) is 0 Å². The summed E-state index contributed by atoms with van der Waals surface area (Å²) < 4.78 is 0. The second-order valence-corrected chi connectivity index (χ2v) is 4.59. The van der Waals surface area contributed by atoms with E-state index in [4.69, 9.17) is 5.84 Å². The molecule has 0 saturated heterocycles. The second kappa shape index (κ2) is 5.22. The number of phenols is 1. The molecule has 1 heterocycles. The SMILES string of the molecule is NNC(=O)c1cc(-c2ccc(O)cc2)nc2ccccc12. The number of amides is 1. The van der Waals surface area contributed by atoms with Gasteiger partial charge in [0.1, 0.15) is 5.75 Å². The van der Waals surface area contributed by atoms with Crippen LogP contribution in [0.5, 0.6) is 5.75 Å². The van der Waals surface area contributed by atoms with E-state index < -0.39 is 0 Å². The Bertz CT molecular complexity index is 813. The van der Waals surface area contributed by atoms with Gasteiger partial charge in [-0.15, -0.1) is 0 Å². The topological polar surface area (TPSA) is 88.2 Å². The number of aromatic hydroxyl groups is 1. The number of hydrazine groups is 1. The normalized spacial score (nSPS) is 10.5. The average Bonchev–Trinajstić information content (AvgIpc) is 2.53. The van der Waals surface area contributed by atoms with Gasteiger partial charge in [0, 0.05) is 10.9 Å². The molecule has 0 fully saturated rings. The number of nitrogen functional groups attached to an aromatic ring is 1. The Morgan fingerprint density at radius 3 is 2.52 bits per heavy atom. The molecular formula is C16H13N3O2.